The standard InChI is InChI=1S/C14H13ClN4O2/c1-16-14(21)19-11-4-2-10(3-5-11)18-13(20)12-8-9(15)6-7-17-12/h2-8H,1H3,(H,18,20)(H2,16,19,21). The summed E-state index contributed by atoms with van der Waals surface area (Å²) >= 11 is 5.81. The zero-order valence-corrected chi connectivity index (χ0v) is 11.9. The zero-order chi connectivity index (χ0) is 15.2. The van der Waals surface area contributed by atoms with Gasteiger partial charge >= 0.3 is 6.03 Å². The van der Waals surface area contributed by atoms with Gasteiger partial charge in [0, 0.05) is 29.6 Å². The third kappa shape index (κ3) is 4.19. The van der Waals surface area contributed by atoms with E-state index in [1.165, 1.54) is 19.3 Å². The molecule has 3 amide bonds. The van der Waals surface area contributed by atoms with Gasteiger partial charge in [0.1, 0.15) is 5.69 Å². The number of hydrogen-bond donors (Lipinski definition) is 3. The van der Waals surface area contributed by atoms with Gasteiger partial charge in [0.15, 0.2) is 0 Å². The van der Waals surface area contributed by atoms with Crippen molar-refractivity contribution in [1.29, 1.82) is 0 Å². The van der Waals surface area contributed by atoms with E-state index < -0.39 is 0 Å². The Morgan fingerprint density at radius 2 is 1.67 bits per heavy atom. The van der Waals surface area contributed by atoms with Gasteiger partial charge < -0.3 is 16.0 Å². The predicted molar refractivity (Wildman–Crippen MR) is 81.7 cm³/mol. The molecule has 2 rings (SSSR count). The van der Waals surface area contributed by atoms with Gasteiger partial charge in [-0.3, -0.25) is 9.78 Å². The van der Waals surface area contributed by atoms with E-state index in [0.717, 1.165) is 0 Å². The van der Waals surface area contributed by atoms with E-state index in [1.807, 2.05) is 0 Å². The van der Waals surface area contributed by atoms with Crippen LogP contribution < -0.4 is 16.0 Å². The minimum absolute atomic E-state index is 0.232. The van der Waals surface area contributed by atoms with Crippen molar-refractivity contribution in [3.8, 4) is 0 Å². The lowest BCUT2D eigenvalue weighted by atomic mass is 10.2. The van der Waals surface area contributed by atoms with Gasteiger partial charge in [-0.05, 0) is 36.4 Å². The summed E-state index contributed by atoms with van der Waals surface area (Å²) in [4.78, 5) is 27.1. The molecule has 0 saturated heterocycles. The quantitative estimate of drug-likeness (QED) is 0.815. The number of benzene rings is 1. The molecule has 3 N–H and O–H groups in total. The topological polar surface area (TPSA) is 83.1 Å². The average Bonchev–Trinajstić information content (AvgIpc) is 2.49. The Hall–Kier alpha value is -2.60. The van der Waals surface area contributed by atoms with Crippen molar-refractivity contribution in [3.63, 3.8) is 0 Å². The number of carbonyl (C=O) groups excluding carboxylic acids is 2. The van der Waals surface area contributed by atoms with Gasteiger partial charge in [0.05, 0.1) is 0 Å². The molecular weight excluding hydrogens is 292 g/mol. The number of pyridine rings is 1. The Labute approximate surface area is 126 Å². The summed E-state index contributed by atoms with van der Waals surface area (Å²) in [5, 5.41) is 8.20. The number of nitrogens with one attached hydrogen (secondary N) is 3. The summed E-state index contributed by atoms with van der Waals surface area (Å²) in [5.41, 5.74) is 1.44. The van der Waals surface area contributed by atoms with Gasteiger partial charge in [-0.1, -0.05) is 11.6 Å². The van der Waals surface area contributed by atoms with Crippen molar-refractivity contribution in [2.45, 2.75) is 0 Å². The number of nitrogens with zero attached hydrogens (tertiary/aromatic N) is 1. The highest BCUT2D eigenvalue weighted by Gasteiger charge is 2.08. The monoisotopic (exact) mass is 304 g/mol. The molecule has 6 nitrogen and oxygen atoms in total. The minimum Gasteiger partial charge on any atom is -0.341 e. The van der Waals surface area contributed by atoms with Crippen LogP contribution in [0.15, 0.2) is 42.6 Å². The van der Waals surface area contributed by atoms with Crippen LogP contribution in [0.2, 0.25) is 5.02 Å². The molecule has 0 unspecified atom stereocenters. The lowest BCUT2D eigenvalue weighted by Crippen LogP contribution is -2.24. The number of amides is 3. The van der Waals surface area contributed by atoms with Gasteiger partial charge in [-0.25, -0.2) is 4.79 Å². The molecule has 0 aliphatic carbocycles. The van der Waals surface area contributed by atoms with Crippen molar-refractivity contribution in [2.75, 3.05) is 17.7 Å². The Morgan fingerprint density at radius 1 is 1.05 bits per heavy atom. The van der Waals surface area contributed by atoms with Crippen LogP contribution in [0, 0.1) is 0 Å². The van der Waals surface area contributed by atoms with E-state index in [2.05, 4.69) is 20.9 Å². The van der Waals surface area contributed by atoms with Crippen LogP contribution in [-0.2, 0) is 0 Å². The molecule has 0 radical (unpaired) electrons. The van der Waals surface area contributed by atoms with Gasteiger partial charge in [-0.2, -0.15) is 0 Å². The van der Waals surface area contributed by atoms with Crippen molar-refractivity contribution in [3.05, 3.63) is 53.3 Å². The number of aromatic nitrogens is 1. The minimum atomic E-state index is -0.357. The highest BCUT2D eigenvalue weighted by atomic mass is 35.5. The Balaban J connectivity index is 2.03. The third-order valence-electron chi connectivity index (χ3n) is 2.58. The number of anilines is 2. The lowest BCUT2D eigenvalue weighted by Gasteiger charge is -2.07. The molecule has 0 aliphatic heterocycles. The molecule has 1 heterocycles. The van der Waals surface area contributed by atoms with Gasteiger partial charge in [0.2, 0.25) is 0 Å². The molecule has 2 aromatic rings. The van der Waals surface area contributed by atoms with Crippen LogP contribution >= 0.6 is 11.6 Å². The maximum absolute atomic E-state index is 12.0. The Kier molecular flexibility index (Phi) is 4.73. The molecule has 0 spiro atoms. The average molecular weight is 305 g/mol. The maximum Gasteiger partial charge on any atom is 0.318 e. The molecule has 21 heavy (non-hydrogen) atoms. The summed E-state index contributed by atoms with van der Waals surface area (Å²) in [6.45, 7) is 0. The first-order valence-corrected chi connectivity index (χ1v) is 6.48. The SMILES string of the molecule is CNC(=O)Nc1ccc(NC(=O)c2cc(Cl)ccn2)cc1. The van der Waals surface area contributed by atoms with Crippen molar-refractivity contribution < 1.29 is 9.59 Å². The van der Waals surface area contributed by atoms with E-state index in [1.54, 1.807) is 30.3 Å². The third-order valence-corrected chi connectivity index (χ3v) is 2.82. The first-order chi connectivity index (χ1) is 10.1. The molecule has 108 valence electrons. The van der Waals surface area contributed by atoms with E-state index >= 15 is 0 Å². The number of halogens is 1. The Morgan fingerprint density at radius 3 is 2.24 bits per heavy atom. The second kappa shape index (κ2) is 6.71. The maximum atomic E-state index is 12.0. The summed E-state index contributed by atoms with van der Waals surface area (Å²) < 4.78 is 0. The van der Waals surface area contributed by atoms with E-state index in [9.17, 15) is 9.59 Å². The summed E-state index contributed by atoms with van der Waals surface area (Å²) in [6.07, 6.45) is 1.47. The molecule has 0 aliphatic rings. The number of rotatable bonds is 3. The number of hydrogen-bond acceptors (Lipinski definition) is 3. The van der Waals surface area contributed by atoms with Gasteiger partial charge in [0.25, 0.3) is 5.91 Å². The summed E-state index contributed by atoms with van der Waals surface area (Å²) in [6, 6.07) is 9.47. The fourth-order valence-electron chi connectivity index (χ4n) is 1.55. The van der Waals surface area contributed by atoms with E-state index in [0.29, 0.717) is 16.4 Å². The van der Waals surface area contributed by atoms with Crippen LogP contribution in [0.5, 0.6) is 0 Å². The molecule has 0 bridgehead atoms. The highest BCUT2D eigenvalue weighted by molar-refractivity contribution is 6.30. The predicted octanol–water partition coefficient (Wildman–Crippen LogP) is 2.74. The van der Waals surface area contributed by atoms with Crippen molar-refractivity contribution in [2.24, 2.45) is 0 Å². The molecule has 7 heteroatoms. The second-order valence-corrected chi connectivity index (χ2v) is 4.53. The normalized spacial score (nSPS) is 9.81. The van der Waals surface area contributed by atoms with E-state index in [-0.39, 0.29) is 17.6 Å². The molecule has 1 aromatic carbocycles. The summed E-state index contributed by atoms with van der Waals surface area (Å²) in [7, 11) is 1.53. The van der Waals surface area contributed by atoms with Crippen LogP contribution in [0.4, 0.5) is 16.2 Å². The Bertz CT molecular complexity index is 658. The zero-order valence-electron chi connectivity index (χ0n) is 11.2. The van der Waals surface area contributed by atoms with Gasteiger partial charge in [-0.15, -0.1) is 0 Å². The van der Waals surface area contributed by atoms with E-state index in [4.69, 9.17) is 11.6 Å². The van der Waals surface area contributed by atoms with Crippen molar-refractivity contribution in [1.82, 2.24) is 10.3 Å². The molecule has 0 fully saturated rings. The van der Waals surface area contributed by atoms with Crippen LogP contribution in [0.25, 0.3) is 0 Å². The lowest BCUT2D eigenvalue weighted by molar-refractivity contribution is 0.102. The number of carbonyl (C=O) groups is 2. The summed E-state index contributed by atoms with van der Waals surface area (Å²) in [5.74, 6) is -0.357. The van der Waals surface area contributed by atoms with Crippen LogP contribution in [0.1, 0.15) is 10.5 Å². The van der Waals surface area contributed by atoms with Crippen molar-refractivity contribution >= 4 is 34.9 Å². The first-order valence-electron chi connectivity index (χ1n) is 6.10. The fraction of sp³-hybridized carbons (Fsp3) is 0.0714. The van der Waals surface area contributed by atoms with Crippen LogP contribution in [0.3, 0.4) is 0 Å². The smallest absolute Gasteiger partial charge is 0.318 e. The second-order valence-electron chi connectivity index (χ2n) is 4.09. The molecular formula is C14H13ClN4O2. The molecule has 0 atom stereocenters. The molecule has 1 aromatic heterocycles. The largest absolute Gasteiger partial charge is 0.341 e. The fourth-order valence-corrected chi connectivity index (χ4v) is 1.71. The number of urea groups is 1. The molecule has 0 saturated carbocycles. The highest BCUT2D eigenvalue weighted by Crippen LogP contribution is 2.15. The van der Waals surface area contributed by atoms with Crippen LogP contribution in [-0.4, -0.2) is 24.0 Å². The first kappa shape index (κ1) is 14.8.